The van der Waals surface area contributed by atoms with Crippen molar-refractivity contribution in [2.45, 2.75) is 0 Å². The fourth-order valence-electron chi connectivity index (χ4n) is 1.85. The molecule has 0 bridgehead atoms. The molecule has 0 fully saturated rings. The number of benzene rings is 2. The minimum Gasteiger partial charge on any atom is -0.494 e. The second-order valence-electron chi connectivity index (χ2n) is 4.07. The lowest BCUT2D eigenvalue weighted by atomic mass is 10.2. The average Bonchev–Trinajstić information content (AvgIpc) is 2.83. The third kappa shape index (κ3) is 2.18. The van der Waals surface area contributed by atoms with Gasteiger partial charge in [-0.25, -0.2) is 0 Å². The van der Waals surface area contributed by atoms with Crippen molar-refractivity contribution in [1.82, 2.24) is 4.98 Å². The zero-order valence-electron chi connectivity index (χ0n) is 10.4. The number of anilines is 3. The Labute approximate surface area is 110 Å². The summed E-state index contributed by atoms with van der Waals surface area (Å²) < 4.78 is 10.9. The lowest BCUT2D eigenvalue weighted by molar-refractivity contribution is 0.417. The van der Waals surface area contributed by atoms with E-state index >= 15 is 0 Å². The van der Waals surface area contributed by atoms with Gasteiger partial charge < -0.3 is 20.2 Å². The highest BCUT2D eigenvalue weighted by Gasteiger charge is 2.08. The lowest BCUT2D eigenvalue weighted by Gasteiger charge is -2.08. The molecule has 3 rings (SSSR count). The predicted octanol–water partition coefficient (Wildman–Crippen LogP) is 3.16. The van der Waals surface area contributed by atoms with Crippen LogP contribution in [0, 0.1) is 0 Å². The van der Waals surface area contributed by atoms with E-state index < -0.39 is 0 Å². The number of hydrogen-bond donors (Lipinski definition) is 2. The van der Waals surface area contributed by atoms with E-state index in [1.165, 1.54) is 0 Å². The maximum atomic E-state index is 5.71. The number of oxazole rings is 1. The molecule has 0 radical (unpaired) electrons. The molecule has 0 saturated heterocycles. The Kier molecular flexibility index (Phi) is 2.72. The summed E-state index contributed by atoms with van der Waals surface area (Å²) >= 11 is 0. The van der Waals surface area contributed by atoms with Crippen LogP contribution in [0.25, 0.3) is 11.1 Å². The Hall–Kier alpha value is -2.69. The molecule has 0 aliphatic heterocycles. The maximum Gasteiger partial charge on any atom is 0.300 e. The molecule has 3 aromatic rings. The zero-order valence-corrected chi connectivity index (χ0v) is 10.4. The number of ether oxygens (including phenoxy) is 1. The van der Waals surface area contributed by atoms with Crippen LogP contribution >= 0.6 is 0 Å². The Morgan fingerprint density at radius 3 is 2.84 bits per heavy atom. The fraction of sp³-hybridized carbons (Fsp3) is 0.0714. The van der Waals surface area contributed by atoms with Gasteiger partial charge in [-0.15, -0.1) is 0 Å². The van der Waals surface area contributed by atoms with Gasteiger partial charge in [0.05, 0.1) is 12.8 Å². The Balaban J connectivity index is 1.96. The molecular formula is C14H13N3O2. The van der Waals surface area contributed by atoms with Gasteiger partial charge in [0.15, 0.2) is 5.58 Å². The van der Waals surface area contributed by atoms with Gasteiger partial charge in [0, 0.05) is 11.8 Å². The number of nitrogen functional groups attached to an aromatic ring is 1. The van der Waals surface area contributed by atoms with Crippen molar-refractivity contribution in [2.75, 3.05) is 18.2 Å². The molecular weight excluding hydrogens is 242 g/mol. The molecule has 96 valence electrons. The van der Waals surface area contributed by atoms with E-state index in [4.69, 9.17) is 14.9 Å². The first-order valence-corrected chi connectivity index (χ1v) is 5.82. The molecule has 19 heavy (non-hydrogen) atoms. The molecule has 5 nitrogen and oxygen atoms in total. The molecule has 0 spiro atoms. The van der Waals surface area contributed by atoms with Crippen LogP contribution in [0.4, 0.5) is 17.4 Å². The summed E-state index contributed by atoms with van der Waals surface area (Å²) in [6, 6.07) is 13.4. The minimum absolute atomic E-state index is 0.421. The summed E-state index contributed by atoms with van der Waals surface area (Å²) in [4.78, 5) is 4.34. The standard InChI is InChI=1S/C14H13N3O2/c1-18-13-8-9(15)6-7-11(13)17-14-16-10-4-2-3-5-12(10)19-14/h2-8H,15H2,1H3,(H,16,17). The second-order valence-corrected chi connectivity index (χ2v) is 4.07. The Morgan fingerprint density at radius 1 is 1.21 bits per heavy atom. The van der Waals surface area contributed by atoms with Crippen LogP contribution in [0.3, 0.4) is 0 Å². The van der Waals surface area contributed by atoms with Gasteiger partial charge >= 0.3 is 0 Å². The van der Waals surface area contributed by atoms with E-state index in [1.54, 1.807) is 19.2 Å². The number of rotatable bonds is 3. The second kappa shape index (κ2) is 4.53. The van der Waals surface area contributed by atoms with E-state index in [9.17, 15) is 0 Å². The van der Waals surface area contributed by atoms with E-state index in [0.29, 0.717) is 17.5 Å². The van der Waals surface area contributed by atoms with Crippen LogP contribution in [-0.2, 0) is 0 Å². The van der Waals surface area contributed by atoms with E-state index in [2.05, 4.69) is 10.3 Å². The van der Waals surface area contributed by atoms with Crippen molar-refractivity contribution < 1.29 is 9.15 Å². The quantitative estimate of drug-likeness (QED) is 0.703. The minimum atomic E-state index is 0.421. The predicted molar refractivity (Wildman–Crippen MR) is 74.7 cm³/mol. The summed E-state index contributed by atoms with van der Waals surface area (Å²) in [6.45, 7) is 0. The monoisotopic (exact) mass is 255 g/mol. The molecule has 5 heteroatoms. The third-order valence-electron chi connectivity index (χ3n) is 2.76. The number of hydrogen-bond acceptors (Lipinski definition) is 5. The topological polar surface area (TPSA) is 73.3 Å². The molecule has 0 atom stereocenters. The van der Waals surface area contributed by atoms with E-state index in [-0.39, 0.29) is 0 Å². The smallest absolute Gasteiger partial charge is 0.300 e. The van der Waals surface area contributed by atoms with Crippen molar-refractivity contribution in [3.63, 3.8) is 0 Å². The molecule has 0 unspecified atom stereocenters. The zero-order chi connectivity index (χ0) is 13.2. The third-order valence-corrected chi connectivity index (χ3v) is 2.76. The normalized spacial score (nSPS) is 10.6. The first kappa shape index (κ1) is 11.4. The summed E-state index contributed by atoms with van der Waals surface area (Å²) in [5.74, 6) is 0.641. The number of para-hydroxylation sites is 2. The van der Waals surface area contributed by atoms with Gasteiger partial charge in [0.1, 0.15) is 11.3 Å². The van der Waals surface area contributed by atoms with Gasteiger partial charge in [0.2, 0.25) is 0 Å². The maximum absolute atomic E-state index is 5.71. The number of nitrogens with one attached hydrogen (secondary N) is 1. The molecule has 1 aromatic heterocycles. The summed E-state index contributed by atoms with van der Waals surface area (Å²) in [7, 11) is 1.59. The van der Waals surface area contributed by atoms with Crippen LogP contribution in [0.15, 0.2) is 46.9 Å². The molecule has 3 N–H and O–H groups in total. The van der Waals surface area contributed by atoms with Gasteiger partial charge in [-0.3, -0.25) is 0 Å². The summed E-state index contributed by atoms with van der Waals surface area (Å²) in [5, 5.41) is 3.08. The summed E-state index contributed by atoms with van der Waals surface area (Å²) in [5.41, 5.74) is 8.64. The van der Waals surface area contributed by atoms with Crippen LogP contribution in [0.2, 0.25) is 0 Å². The van der Waals surface area contributed by atoms with Crippen molar-refractivity contribution in [2.24, 2.45) is 0 Å². The number of aromatic nitrogens is 1. The van der Waals surface area contributed by atoms with Crippen molar-refractivity contribution in [3.8, 4) is 5.75 Å². The van der Waals surface area contributed by atoms with Crippen LogP contribution in [0.1, 0.15) is 0 Å². The molecule has 0 aliphatic rings. The van der Waals surface area contributed by atoms with Crippen LogP contribution < -0.4 is 15.8 Å². The molecule has 0 aliphatic carbocycles. The Bertz CT molecular complexity index is 689. The van der Waals surface area contributed by atoms with Crippen molar-refractivity contribution in [1.29, 1.82) is 0 Å². The number of fused-ring (bicyclic) bond motifs is 1. The highest BCUT2D eigenvalue weighted by atomic mass is 16.5. The van der Waals surface area contributed by atoms with Gasteiger partial charge in [-0.2, -0.15) is 4.98 Å². The first-order valence-electron chi connectivity index (χ1n) is 5.82. The number of nitrogens with two attached hydrogens (primary N) is 1. The molecule has 1 heterocycles. The van der Waals surface area contributed by atoms with Crippen molar-refractivity contribution >= 4 is 28.5 Å². The lowest BCUT2D eigenvalue weighted by Crippen LogP contribution is -1.96. The molecule has 0 amide bonds. The number of methoxy groups -OCH3 is 1. The van der Waals surface area contributed by atoms with Crippen LogP contribution in [-0.4, -0.2) is 12.1 Å². The molecule has 2 aromatic carbocycles. The highest BCUT2D eigenvalue weighted by molar-refractivity contribution is 5.76. The van der Waals surface area contributed by atoms with Gasteiger partial charge in [0.25, 0.3) is 6.01 Å². The largest absolute Gasteiger partial charge is 0.494 e. The fourth-order valence-corrected chi connectivity index (χ4v) is 1.85. The Morgan fingerprint density at radius 2 is 2.05 bits per heavy atom. The first-order chi connectivity index (χ1) is 9.26. The van der Waals surface area contributed by atoms with Gasteiger partial charge in [-0.05, 0) is 24.3 Å². The summed E-state index contributed by atoms with van der Waals surface area (Å²) in [6.07, 6.45) is 0. The van der Waals surface area contributed by atoms with E-state index in [0.717, 1.165) is 16.8 Å². The number of nitrogens with zero attached hydrogens (tertiary/aromatic N) is 1. The van der Waals surface area contributed by atoms with Crippen LogP contribution in [0.5, 0.6) is 5.75 Å². The van der Waals surface area contributed by atoms with Gasteiger partial charge in [-0.1, -0.05) is 12.1 Å². The van der Waals surface area contributed by atoms with Crippen molar-refractivity contribution in [3.05, 3.63) is 42.5 Å². The highest BCUT2D eigenvalue weighted by Crippen LogP contribution is 2.30. The SMILES string of the molecule is COc1cc(N)ccc1Nc1nc2ccccc2o1. The molecule has 0 saturated carbocycles. The van der Waals surface area contributed by atoms with E-state index in [1.807, 2.05) is 30.3 Å². The average molecular weight is 255 g/mol.